The number of aryl methyl sites for hydroxylation is 1. The molecular formula is C18H26N4O2S. The van der Waals surface area contributed by atoms with E-state index in [1.807, 2.05) is 50.5 Å². The topological polar surface area (TPSA) is 74.3 Å². The van der Waals surface area contributed by atoms with Gasteiger partial charge in [0.05, 0.1) is 17.6 Å². The number of hydrogen-bond donors (Lipinski definition) is 2. The zero-order valence-corrected chi connectivity index (χ0v) is 15.6. The minimum absolute atomic E-state index is 0.0758. The van der Waals surface area contributed by atoms with Crippen molar-refractivity contribution in [1.82, 2.24) is 9.88 Å². The van der Waals surface area contributed by atoms with Crippen LogP contribution in [0, 0.1) is 0 Å². The monoisotopic (exact) mass is 362 g/mol. The number of hydrogen-bond acceptors (Lipinski definition) is 5. The highest BCUT2D eigenvalue weighted by atomic mass is 32.2. The molecule has 1 aromatic heterocycles. The molecule has 6 nitrogen and oxygen atoms in total. The van der Waals surface area contributed by atoms with Crippen molar-refractivity contribution in [2.45, 2.75) is 12.8 Å². The molecule has 0 spiro atoms. The fraction of sp³-hybridized carbons (Fsp3) is 0.389. The number of aromatic nitrogens is 1. The maximum Gasteiger partial charge on any atom is 0.233 e. The van der Waals surface area contributed by atoms with Crippen LogP contribution in [-0.2, 0) is 16.4 Å². The van der Waals surface area contributed by atoms with E-state index in [1.54, 1.807) is 12.3 Å². The molecule has 0 aliphatic rings. The molecule has 1 aromatic carbocycles. The summed E-state index contributed by atoms with van der Waals surface area (Å²) in [7, 11) is 0.634. The maximum atomic E-state index is 12.1. The first kappa shape index (κ1) is 19.2. The molecule has 2 aromatic rings. The van der Waals surface area contributed by atoms with Crippen molar-refractivity contribution in [2.24, 2.45) is 0 Å². The third-order valence-electron chi connectivity index (χ3n) is 3.63. The summed E-state index contributed by atoms with van der Waals surface area (Å²) in [6, 6.07) is 13.4. The van der Waals surface area contributed by atoms with Gasteiger partial charge in [0, 0.05) is 13.1 Å². The lowest BCUT2D eigenvalue weighted by Crippen LogP contribution is -2.21. The Balaban J connectivity index is 1.79. The van der Waals surface area contributed by atoms with Gasteiger partial charge < -0.3 is 10.2 Å². The summed E-state index contributed by atoms with van der Waals surface area (Å²) < 4.78 is 26.8. The summed E-state index contributed by atoms with van der Waals surface area (Å²) in [5.41, 5.74) is 2.01. The van der Waals surface area contributed by atoms with E-state index in [0.29, 0.717) is 12.2 Å². The minimum Gasteiger partial charge on any atom is -0.383 e. The molecule has 2 rings (SSSR count). The van der Waals surface area contributed by atoms with Crippen LogP contribution in [-0.4, -0.2) is 51.2 Å². The zero-order valence-electron chi connectivity index (χ0n) is 14.8. The molecule has 1 heterocycles. The van der Waals surface area contributed by atoms with E-state index in [-0.39, 0.29) is 5.75 Å². The normalized spacial score (nSPS) is 11.5. The van der Waals surface area contributed by atoms with Crippen LogP contribution < -0.4 is 10.0 Å². The standard InChI is InChI=1S/C18H26N4O2S/c1-22(2)13-12-19-17-10-11-18(20-15-17)21-25(23,24)14-6-9-16-7-4-3-5-8-16/h3-5,7-8,10-11,15,19H,6,9,12-14H2,1-2H3,(H,20,21). The first-order valence-electron chi connectivity index (χ1n) is 8.34. The molecule has 0 atom stereocenters. The number of rotatable bonds is 10. The third-order valence-corrected chi connectivity index (χ3v) is 4.98. The number of sulfonamides is 1. The second kappa shape index (κ2) is 9.39. The molecule has 25 heavy (non-hydrogen) atoms. The van der Waals surface area contributed by atoms with Crippen molar-refractivity contribution in [3.8, 4) is 0 Å². The molecule has 0 bridgehead atoms. The van der Waals surface area contributed by atoms with E-state index in [1.165, 1.54) is 0 Å². The SMILES string of the molecule is CN(C)CCNc1ccc(NS(=O)(=O)CCCc2ccccc2)nc1. The van der Waals surface area contributed by atoms with Crippen LogP contribution in [0.5, 0.6) is 0 Å². The van der Waals surface area contributed by atoms with Crippen molar-refractivity contribution >= 4 is 21.5 Å². The lowest BCUT2D eigenvalue weighted by atomic mass is 10.1. The van der Waals surface area contributed by atoms with Gasteiger partial charge >= 0.3 is 0 Å². The molecule has 0 saturated carbocycles. The van der Waals surface area contributed by atoms with Crippen molar-refractivity contribution in [3.63, 3.8) is 0 Å². The predicted octanol–water partition coefficient (Wildman–Crippen LogP) is 2.43. The van der Waals surface area contributed by atoms with Gasteiger partial charge in [-0.2, -0.15) is 0 Å². The fourth-order valence-electron chi connectivity index (χ4n) is 2.30. The Kier molecular flexibility index (Phi) is 7.21. The van der Waals surface area contributed by atoms with Crippen LogP contribution in [0.1, 0.15) is 12.0 Å². The maximum absolute atomic E-state index is 12.1. The number of benzene rings is 1. The van der Waals surface area contributed by atoms with E-state index in [4.69, 9.17) is 0 Å². The smallest absolute Gasteiger partial charge is 0.233 e. The number of nitrogens with zero attached hydrogens (tertiary/aromatic N) is 2. The summed E-state index contributed by atoms with van der Waals surface area (Å²) in [4.78, 5) is 6.24. The summed E-state index contributed by atoms with van der Waals surface area (Å²) in [5, 5.41) is 3.24. The Labute approximate surface area is 150 Å². The van der Waals surface area contributed by atoms with Crippen molar-refractivity contribution in [2.75, 3.05) is 43.0 Å². The van der Waals surface area contributed by atoms with Crippen LogP contribution in [0.15, 0.2) is 48.7 Å². The average molecular weight is 362 g/mol. The van der Waals surface area contributed by atoms with E-state index in [2.05, 4.69) is 19.9 Å². The Morgan fingerprint density at radius 2 is 1.84 bits per heavy atom. The van der Waals surface area contributed by atoms with Crippen molar-refractivity contribution < 1.29 is 8.42 Å². The van der Waals surface area contributed by atoms with E-state index < -0.39 is 10.0 Å². The minimum atomic E-state index is -3.39. The molecule has 2 N–H and O–H groups in total. The van der Waals surface area contributed by atoms with Crippen LogP contribution in [0.4, 0.5) is 11.5 Å². The van der Waals surface area contributed by atoms with Gasteiger partial charge in [-0.1, -0.05) is 30.3 Å². The van der Waals surface area contributed by atoms with E-state index in [9.17, 15) is 8.42 Å². The molecule has 0 unspecified atom stereocenters. The largest absolute Gasteiger partial charge is 0.383 e. The van der Waals surface area contributed by atoms with Crippen molar-refractivity contribution in [3.05, 3.63) is 54.2 Å². The molecular weight excluding hydrogens is 336 g/mol. The lowest BCUT2D eigenvalue weighted by Gasteiger charge is -2.12. The van der Waals surface area contributed by atoms with Crippen LogP contribution in [0.3, 0.4) is 0 Å². The van der Waals surface area contributed by atoms with E-state index in [0.717, 1.165) is 30.8 Å². The van der Waals surface area contributed by atoms with Gasteiger partial charge in [0.15, 0.2) is 0 Å². The Morgan fingerprint density at radius 1 is 1.08 bits per heavy atom. The van der Waals surface area contributed by atoms with Gasteiger partial charge in [-0.15, -0.1) is 0 Å². The molecule has 0 saturated heterocycles. The summed E-state index contributed by atoms with van der Waals surface area (Å²) >= 11 is 0. The molecule has 7 heteroatoms. The first-order valence-corrected chi connectivity index (χ1v) is 9.99. The van der Waals surface area contributed by atoms with Crippen LogP contribution in [0.25, 0.3) is 0 Å². The first-order chi connectivity index (χ1) is 11.9. The van der Waals surface area contributed by atoms with Crippen LogP contribution >= 0.6 is 0 Å². The second-order valence-corrected chi connectivity index (χ2v) is 8.01. The van der Waals surface area contributed by atoms with Crippen molar-refractivity contribution in [1.29, 1.82) is 0 Å². The van der Waals surface area contributed by atoms with Crippen LogP contribution in [0.2, 0.25) is 0 Å². The highest BCUT2D eigenvalue weighted by molar-refractivity contribution is 7.92. The molecule has 0 fully saturated rings. The molecule has 0 aliphatic heterocycles. The fourth-order valence-corrected chi connectivity index (χ4v) is 3.37. The number of pyridine rings is 1. The highest BCUT2D eigenvalue weighted by Crippen LogP contribution is 2.12. The van der Waals surface area contributed by atoms with E-state index >= 15 is 0 Å². The van der Waals surface area contributed by atoms with Gasteiger partial charge in [0.25, 0.3) is 0 Å². The Morgan fingerprint density at radius 3 is 2.48 bits per heavy atom. The van der Waals surface area contributed by atoms with Gasteiger partial charge in [0.2, 0.25) is 10.0 Å². The lowest BCUT2D eigenvalue weighted by molar-refractivity contribution is 0.425. The van der Waals surface area contributed by atoms with Gasteiger partial charge in [-0.3, -0.25) is 4.72 Å². The zero-order chi connectivity index (χ0) is 18.1. The number of nitrogens with one attached hydrogen (secondary N) is 2. The molecule has 136 valence electrons. The molecule has 0 aliphatic carbocycles. The molecule has 0 amide bonds. The third kappa shape index (κ3) is 7.53. The summed E-state index contributed by atoms with van der Waals surface area (Å²) in [6.45, 7) is 1.72. The quantitative estimate of drug-likeness (QED) is 0.679. The summed E-state index contributed by atoms with van der Waals surface area (Å²) in [5.74, 6) is 0.421. The Hall–Kier alpha value is -2.12. The highest BCUT2D eigenvalue weighted by Gasteiger charge is 2.11. The van der Waals surface area contributed by atoms with Gasteiger partial charge in [-0.25, -0.2) is 13.4 Å². The Bertz CT molecular complexity index is 731. The summed E-state index contributed by atoms with van der Waals surface area (Å²) in [6.07, 6.45) is 2.95. The van der Waals surface area contributed by atoms with Gasteiger partial charge in [-0.05, 0) is 44.6 Å². The predicted molar refractivity (Wildman–Crippen MR) is 103 cm³/mol. The van der Waals surface area contributed by atoms with Gasteiger partial charge in [0.1, 0.15) is 5.82 Å². The number of anilines is 2. The second-order valence-electron chi connectivity index (χ2n) is 6.17. The number of likely N-dealkylation sites (N-methyl/N-ethyl adjacent to an activating group) is 1. The molecule has 0 radical (unpaired) electrons. The average Bonchev–Trinajstić information content (AvgIpc) is 2.57.